The Balaban J connectivity index is 2.11. The van der Waals surface area contributed by atoms with Gasteiger partial charge in [0.25, 0.3) is 0 Å². The molecule has 8 heteroatoms. The Morgan fingerprint density at radius 2 is 1.95 bits per heavy atom. The molecule has 21 heavy (non-hydrogen) atoms. The minimum atomic E-state index is -0.775. The van der Waals surface area contributed by atoms with Gasteiger partial charge < -0.3 is 15.2 Å². The molecular weight excluding hydrogens is 296 g/mol. The van der Waals surface area contributed by atoms with Gasteiger partial charge in [0.15, 0.2) is 0 Å². The number of rotatable bonds is 5. The van der Waals surface area contributed by atoms with Crippen LogP contribution in [0.5, 0.6) is 6.01 Å². The van der Waals surface area contributed by atoms with Crippen molar-refractivity contribution >= 4 is 23.5 Å². The third kappa shape index (κ3) is 3.93. The molecule has 1 aromatic rings. The number of halogens is 1. The number of hydrogen-bond donors (Lipinski definition) is 2. The summed E-state index contributed by atoms with van der Waals surface area (Å²) in [6.07, 6.45) is 5.34. The molecule has 1 fully saturated rings. The van der Waals surface area contributed by atoms with Crippen molar-refractivity contribution in [2.45, 2.75) is 38.5 Å². The molecule has 0 aromatic carbocycles. The van der Waals surface area contributed by atoms with Gasteiger partial charge in [-0.3, -0.25) is 4.79 Å². The summed E-state index contributed by atoms with van der Waals surface area (Å²) in [7, 11) is 1.43. The van der Waals surface area contributed by atoms with E-state index < -0.39 is 11.4 Å². The van der Waals surface area contributed by atoms with Crippen molar-refractivity contribution in [1.29, 1.82) is 0 Å². The Kier molecular flexibility index (Phi) is 5.17. The quantitative estimate of drug-likeness (QED) is 0.805. The lowest BCUT2D eigenvalue weighted by atomic mass is 9.80. The molecule has 2 N–H and O–H groups in total. The molecule has 7 nitrogen and oxygen atoms in total. The highest BCUT2D eigenvalue weighted by molar-refractivity contribution is 6.28. The van der Waals surface area contributed by atoms with Crippen LogP contribution in [-0.2, 0) is 4.79 Å². The zero-order valence-corrected chi connectivity index (χ0v) is 12.7. The SMILES string of the molecule is COc1nc(Cl)nc(NCC2(C(=O)O)CCCCCC2)n1. The molecule has 0 amide bonds. The van der Waals surface area contributed by atoms with Crippen LogP contribution in [0, 0.1) is 5.41 Å². The Hall–Kier alpha value is -1.63. The molecular formula is C13H19ClN4O3. The largest absolute Gasteiger partial charge is 0.481 e. The van der Waals surface area contributed by atoms with E-state index in [1.165, 1.54) is 7.11 Å². The van der Waals surface area contributed by atoms with Crippen molar-refractivity contribution in [3.05, 3.63) is 5.28 Å². The summed E-state index contributed by atoms with van der Waals surface area (Å²) in [6, 6.07) is 0.0998. The molecule has 0 spiro atoms. The number of aliphatic carboxylic acids is 1. The number of anilines is 1. The fourth-order valence-electron chi connectivity index (χ4n) is 2.62. The summed E-state index contributed by atoms with van der Waals surface area (Å²) in [5, 5.41) is 12.6. The summed E-state index contributed by atoms with van der Waals surface area (Å²) in [4.78, 5) is 23.4. The van der Waals surface area contributed by atoms with E-state index in [-0.39, 0.29) is 23.8 Å². The van der Waals surface area contributed by atoms with Crippen LogP contribution >= 0.6 is 11.6 Å². The first-order valence-electron chi connectivity index (χ1n) is 6.98. The summed E-state index contributed by atoms with van der Waals surface area (Å²) in [5.74, 6) is -0.541. The minimum Gasteiger partial charge on any atom is -0.481 e. The van der Waals surface area contributed by atoms with E-state index >= 15 is 0 Å². The maximum Gasteiger partial charge on any atom is 0.322 e. The van der Waals surface area contributed by atoms with Crippen LogP contribution in [0.2, 0.25) is 5.28 Å². The van der Waals surface area contributed by atoms with Crippen molar-refractivity contribution < 1.29 is 14.6 Å². The van der Waals surface area contributed by atoms with E-state index in [2.05, 4.69) is 20.3 Å². The van der Waals surface area contributed by atoms with Gasteiger partial charge in [0.05, 0.1) is 12.5 Å². The maximum absolute atomic E-state index is 11.7. The van der Waals surface area contributed by atoms with E-state index in [1.807, 2.05) is 0 Å². The second-order valence-electron chi connectivity index (χ2n) is 5.27. The molecule has 0 unspecified atom stereocenters. The van der Waals surface area contributed by atoms with Gasteiger partial charge in [0, 0.05) is 6.54 Å². The molecule has 2 rings (SSSR count). The third-order valence-corrected chi connectivity index (χ3v) is 4.04. The lowest BCUT2D eigenvalue weighted by Crippen LogP contribution is -2.38. The summed E-state index contributed by atoms with van der Waals surface area (Å²) in [5.41, 5.74) is -0.775. The number of nitrogens with one attached hydrogen (secondary N) is 1. The molecule has 1 aliphatic rings. The topological polar surface area (TPSA) is 97.2 Å². The van der Waals surface area contributed by atoms with Crippen LogP contribution in [0.4, 0.5) is 5.95 Å². The van der Waals surface area contributed by atoms with Gasteiger partial charge in [-0.15, -0.1) is 0 Å². The molecule has 1 aliphatic carbocycles. The molecule has 0 bridgehead atoms. The molecule has 0 atom stereocenters. The van der Waals surface area contributed by atoms with Crippen molar-refractivity contribution in [2.24, 2.45) is 5.41 Å². The highest BCUT2D eigenvalue weighted by atomic mass is 35.5. The lowest BCUT2D eigenvalue weighted by molar-refractivity contribution is -0.149. The number of methoxy groups -OCH3 is 1. The maximum atomic E-state index is 11.7. The average molecular weight is 315 g/mol. The van der Waals surface area contributed by atoms with E-state index in [4.69, 9.17) is 16.3 Å². The molecule has 1 aromatic heterocycles. The molecule has 0 radical (unpaired) electrons. The highest BCUT2D eigenvalue weighted by Crippen LogP contribution is 2.35. The van der Waals surface area contributed by atoms with Crippen molar-refractivity contribution in [3.8, 4) is 6.01 Å². The predicted molar refractivity (Wildman–Crippen MR) is 77.6 cm³/mol. The molecule has 0 saturated heterocycles. The fourth-order valence-corrected chi connectivity index (χ4v) is 2.77. The molecule has 0 aliphatic heterocycles. The molecule has 1 heterocycles. The average Bonchev–Trinajstić information content (AvgIpc) is 2.71. The van der Waals surface area contributed by atoms with Gasteiger partial charge in [-0.2, -0.15) is 15.0 Å². The van der Waals surface area contributed by atoms with Gasteiger partial charge in [-0.1, -0.05) is 25.7 Å². The van der Waals surface area contributed by atoms with Gasteiger partial charge in [-0.25, -0.2) is 0 Å². The molecule has 116 valence electrons. The normalized spacial score (nSPS) is 17.8. The van der Waals surface area contributed by atoms with E-state index in [0.717, 1.165) is 25.7 Å². The number of nitrogens with zero attached hydrogens (tertiary/aromatic N) is 3. The Labute approximate surface area is 128 Å². The standard InChI is InChI=1S/C13H19ClN4O3/c1-21-12-17-10(14)16-11(18-12)15-8-13(9(19)20)6-4-2-3-5-7-13/h2-8H2,1H3,(H,19,20)(H,15,16,17,18). The van der Waals surface area contributed by atoms with Crippen LogP contribution in [0.3, 0.4) is 0 Å². The van der Waals surface area contributed by atoms with Crippen LogP contribution in [0.15, 0.2) is 0 Å². The van der Waals surface area contributed by atoms with Crippen molar-refractivity contribution in [2.75, 3.05) is 19.0 Å². The smallest absolute Gasteiger partial charge is 0.322 e. The predicted octanol–water partition coefficient (Wildman–Crippen LogP) is 2.37. The van der Waals surface area contributed by atoms with Gasteiger partial charge in [0.2, 0.25) is 11.2 Å². The number of carbonyl (C=O) groups is 1. The Morgan fingerprint density at radius 3 is 2.52 bits per heavy atom. The van der Waals surface area contributed by atoms with Crippen molar-refractivity contribution in [3.63, 3.8) is 0 Å². The first-order valence-corrected chi connectivity index (χ1v) is 7.36. The zero-order chi connectivity index (χ0) is 15.3. The second-order valence-corrected chi connectivity index (χ2v) is 5.61. The van der Waals surface area contributed by atoms with Gasteiger partial charge >= 0.3 is 12.0 Å². The first-order chi connectivity index (χ1) is 10.1. The van der Waals surface area contributed by atoms with E-state index in [0.29, 0.717) is 12.8 Å². The van der Waals surface area contributed by atoms with E-state index in [1.54, 1.807) is 0 Å². The number of hydrogen-bond acceptors (Lipinski definition) is 6. The summed E-state index contributed by atoms with van der Waals surface area (Å²) >= 11 is 5.78. The number of aromatic nitrogens is 3. The third-order valence-electron chi connectivity index (χ3n) is 3.87. The Morgan fingerprint density at radius 1 is 1.29 bits per heavy atom. The first kappa shape index (κ1) is 15.8. The van der Waals surface area contributed by atoms with Crippen LogP contribution in [-0.4, -0.2) is 39.7 Å². The molecule has 1 saturated carbocycles. The lowest BCUT2D eigenvalue weighted by Gasteiger charge is -2.28. The summed E-state index contributed by atoms with van der Waals surface area (Å²) < 4.78 is 4.92. The van der Waals surface area contributed by atoms with Gasteiger partial charge in [-0.05, 0) is 24.4 Å². The number of carboxylic acids is 1. The Bertz CT molecular complexity index is 504. The summed E-state index contributed by atoms with van der Waals surface area (Å²) in [6.45, 7) is 0.270. The van der Waals surface area contributed by atoms with Gasteiger partial charge in [0.1, 0.15) is 0 Å². The number of carboxylic acid groups (broad SMARTS) is 1. The monoisotopic (exact) mass is 314 g/mol. The fraction of sp³-hybridized carbons (Fsp3) is 0.692. The van der Waals surface area contributed by atoms with Crippen LogP contribution in [0.1, 0.15) is 38.5 Å². The van der Waals surface area contributed by atoms with E-state index in [9.17, 15) is 9.90 Å². The zero-order valence-electron chi connectivity index (χ0n) is 11.9. The van der Waals surface area contributed by atoms with Crippen LogP contribution in [0.25, 0.3) is 0 Å². The second kappa shape index (κ2) is 6.89. The highest BCUT2D eigenvalue weighted by Gasteiger charge is 2.38. The minimum absolute atomic E-state index is 0.00888. The van der Waals surface area contributed by atoms with Crippen LogP contribution < -0.4 is 10.1 Å². The van der Waals surface area contributed by atoms with Crippen molar-refractivity contribution in [1.82, 2.24) is 15.0 Å². The number of ether oxygens (including phenoxy) is 1.